The Labute approximate surface area is 195 Å². The van der Waals surface area contributed by atoms with E-state index in [2.05, 4.69) is 0 Å². The van der Waals surface area contributed by atoms with Crippen LogP contribution in [0.3, 0.4) is 0 Å². The van der Waals surface area contributed by atoms with Gasteiger partial charge in [0.1, 0.15) is 5.02 Å². The van der Waals surface area contributed by atoms with Gasteiger partial charge in [0, 0.05) is 11.1 Å². The number of nitro groups is 1. The van der Waals surface area contributed by atoms with Crippen molar-refractivity contribution in [2.24, 2.45) is 0 Å². The van der Waals surface area contributed by atoms with Crippen LogP contribution in [0.5, 0.6) is 0 Å². The molecule has 3 aromatic carbocycles. The van der Waals surface area contributed by atoms with Crippen LogP contribution in [0.15, 0.2) is 70.5 Å². The van der Waals surface area contributed by atoms with Crippen molar-refractivity contribution in [3.63, 3.8) is 0 Å². The normalized spacial score (nSPS) is 11.9. The van der Waals surface area contributed by atoms with Gasteiger partial charge in [0.25, 0.3) is 25.7 Å². The van der Waals surface area contributed by atoms with Crippen LogP contribution in [-0.2, 0) is 20.0 Å². The molecular formula is C20H16Cl2N2O6S2. The van der Waals surface area contributed by atoms with Crippen LogP contribution in [0.2, 0.25) is 10.0 Å². The number of halogens is 2. The molecule has 3 rings (SSSR count). The largest absolute Gasteiger partial charge is 0.289 e. The first kappa shape index (κ1) is 24.0. The van der Waals surface area contributed by atoms with E-state index >= 15 is 0 Å². The highest BCUT2D eigenvalue weighted by Crippen LogP contribution is 2.34. The zero-order valence-electron chi connectivity index (χ0n) is 16.7. The molecule has 0 radical (unpaired) electrons. The maximum atomic E-state index is 13.5. The van der Waals surface area contributed by atoms with E-state index in [1.165, 1.54) is 36.4 Å². The van der Waals surface area contributed by atoms with Gasteiger partial charge in [-0.15, -0.1) is 0 Å². The molecule has 0 unspecified atom stereocenters. The van der Waals surface area contributed by atoms with Crippen LogP contribution in [0.25, 0.3) is 0 Å². The van der Waals surface area contributed by atoms with Crippen molar-refractivity contribution in [3.8, 4) is 0 Å². The Morgan fingerprint density at radius 2 is 1.31 bits per heavy atom. The topological polar surface area (TPSA) is 115 Å². The molecule has 3 aromatic rings. The van der Waals surface area contributed by atoms with Gasteiger partial charge in [-0.3, -0.25) is 10.1 Å². The number of anilines is 1. The molecule has 0 heterocycles. The first-order valence-electron chi connectivity index (χ1n) is 8.93. The lowest BCUT2D eigenvalue weighted by molar-refractivity contribution is -0.384. The minimum atomic E-state index is -4.83. The quantitative estimate of drug-likeness (QED) is 0.333. The molecule has 32 heavy (non-hydrogen) atoms. The van der Waals surface area contributed by atoms with Gasteiger partial charge in [-0.05, 0) is 73.5 Å². The zero-order chi connectivity index (χ0) is 23.8. The number of rotatable bonds is 6. The van der Waals surface area contributed by atoms with Gasteiger partial charge in [0.15, 0.2) is 0 Å². The Bertz CT molecular complexity index is 1420. The molecule has 0 bridgehead atoms. The fourth-order valence-corrected chi connectivity index (χ4v) is 6.94. The minimum Gasteiger partial charge on any atom is -0.258 e. The third-order valence-corrected chi connectivity index (χ3v) is 9.41. The molecule has 0 aliphatic heterocycles. The summed E-state index contributed by atoms with van der Waals surface area (Å²) in [4.78, 5) is 9.51. The second-order valence-electron chi connectivity index (χ2n) is 6.80. The fourth-order valence-electron chi connectivity index (χ4n) is 2.83. The van der Waals surface area contributed by atoms with Crippen molar-refractivity contribution < 1.29 is 21.8 Å². The van der Waals surface area contributed by atoms with Crippen molar-refractivity contribution in [2.75, 3.05) is 3.71 Å². The molecule has 0 saturated heterocycles. The van der Waals surface area contributed by atoms with Crippen molar-refractivity contribution in [1.29, 1.82) is 0 Å². The molecular weight excluding hydrogens is 499 g/mol. The van der Waals surface area contributed by atoms with Gasteiger partial charge in [-0.2, -0.15) is 3.71 Å². The van der Waals surface area contributed by atoms with E-state index in [1.807, 2.05) is 0 Å². The highest BCUT2D eigenvalue weighted by atomic mass is 35.5. The van der Waals surface area contributed by atoms with Gasteiger partial charge in [-0.1, -0.05) is 29.3 Å². The molecule has 12 heteroatoms. The SMILES string of the molecule is Cc1ccc(S(=O)(=O)N(c2ccc(Cl)cc2)S(=O)(=O)c2ccc(Cl)c([N+](=O)[O-])c2)cc1C. The fraction of sp³-hybridized carbons (Fsp3) is 0.100. The minimum absolute atomic E-state index is 0.217. The van der Waals surface area contributed by atoms with E-state index in [4.69, 9.17) is 23.2 Å². The van der Waals surface area contributed by atoms with E-state index in [9.17, 15) is 26.9 Å². The molecule has 0 aliphatic carbocycles. The van der Waals surface area contributed by atoms with E-state index in [1.54, 1.807) is 19.9 Å². The van der Waals surface area contributed by atoms with E-state index in [0.29, 0.717) is 5.56 Å². The maximum absolute atomic E-state index is 13.5. The average Bonchev–Trinajstić information content (AvgIpc) is 2.71. The van der Waals surface area contributed by atoms with Crippen LogP contribution in [0.1, 0.15) is 11.1 Å². The Morgan fingerprint density at radius 1 is 0.781 bits per heavy atom. The molecule has 0 amide bonds. The molecule has 0 aromatic heterocycles. The maximum Gasteiger partial charge on any atom is 0.289 e. The standard InChI is InChI=1S/C20H16Cl2N2O6S2/c1-13-3-8-17(11-14(13)2)31(27,28)24(16-6-4-15(21)5-7-16)32(29,30)18-9-10-19(22)20(12-18)23(25)26/h3-12H,1-2H3. The predicted octanol–water partition coefficient (Wildman–Crippen LogP) is 5.10. The molecule has 0 N–H and O–H groups in total. The Hall–Kier alpha value is -2.66. The molecule has 0 spiro atoms. The second-order valence-corrected chi connectivity index (χ2v) is 11.4. The number of nitrogens with zero attached hydrogens (tertiary/aromatic N) is 2. The number of nitro benzene ring substituents is 1. The van der Waals surface area contributed by atoms with Crippen LogP contribution in [-0.4, -0.2) is 21.8 Å². The van der Waals surface area contributed by atoms with Gasteiger partial charge < -0.3 is 0 Å². The van der Waals surface area contributed by atoms with Crippen molar-refractivity contribution in [2.45, 2.75) is 23.6 Å². The predicted molar refractivity (Wildman–Crippen MR) is 122 cm³/mol. The second kappa shape index (κ2) is 8.70. The lowest BCUT2D eigenvalue weighted by atomic mass is 10.1. The molecule has 168 valence electrons. The van der Waals surface area contributed by atoms with Gasteiger partial charge in [0.05, 0.1) is 20.4 Å². The van der Waals surface area contributed by atoms with Crippen molar-refractivity contribution in [1.82, 2.24) is 0 Å². The van der Waals surface area contributed by atoms with Crippen molar-refractivity contribution >= 4 is 54.6 Å². The third-order valence-electron chi connectivity index (χ3n) is 4.66. The summed E-state index contributed by atoms with van der Waals surface area (Å²) in [6.45, 7) is 3.48. The van der Waals surface area contributed by atoms with E-state index < -0.39 is 35.6 Å². The Balaban J connectivity index is 2.30. The van der Waals surface area contributed by atoms with Gasteiger partial charge in [0.2, 0.25) is 0 Å². The van der Waals surface area contributed by atoms with Gasteiger partial charge >= 0.3 is 0 Å². The Kier molecular flexibility index (Phi) is 6.52. The summed E-state index contributed by atoms with van der Waals surface area (Å²) in [7, 11) is -9.49. The number of hydrogen-bond acceptors (Lipinski definition) is 6. The zero-order valence-corrected chi connectivity index (χ0v) is 19.8. The first-order valence-corrected chi connectivity index (χ1v) is 12.6. The van der Waals surface area contributed by atoms with Crippen LogP contribution in [0, 0.1) is 24.0 Å². The first-order chi connectivity index (χ1) is 14.9. The summed E-state index contributed by atoms with van der Waals surface area (Å²) in [5.41, 5.74) is 0.567. The lowest BCUT2D eigenvalue weighted by Gasteiger charge is -2.24. The summed E-state index contributed by atoms with van der Waals surface area (Å²) in [5, 5.41) is 11.2. The molecule has 0 atom stereocenters. The number of hydrogen-bond donors (Lipinski definition) is 0. The Morgan fingerprint density at radius 3 is 1.84 bits per heavy atom. The van der Waals surface area contributed by atoms with E-state index in [0.717, 1.165) is 23.8 Å². The van der Waals surface area contributed by atoms with E-state index in [-0.39, 0.29) is 24.3 Å². The summed E-state index contributed by atoms with van der Waals surface area (Å²) in [6, 6.07) is 12.1. The number of sulfonamides is 2. The van der Waals surface area contributed by atoms with Crippen LogP contribution >= 0.6 is 23.2 Å². The van der Waals surface area contributed by atoms with Gasteiger partial charge in [-0.25, -0.2) is 16.8 Å². The summed E-state index contributed by atoms with van der Waals surface area (Å²) in [5.74, 6) is 0. The van der Waals surface area contributed by atoms with Crippen LogP contribution in [0.4, 0.5) is 11.4 Å². The average molecular weight is 515 g/mol. The third kappa shape index (κ3) is 4.44. The monoisotopic (exact) mass is 514 g/mol. The molecule has 0 saturated carbocycles. The highest BCUT2D eigenvalue weighted by Gasteiger charge is 2.38. The lowest BCUT2D eigenvalue weighted by Crippen LogP contribution is -2.37. The number of benzene rings is 3. The molecule has 0 aliphatic rings. The summed E-state index contributed by atoms with van der Waals surface area (Å²) >= 11 is 11.7. The highest BCUT2D eigenvalue weighted by molar-refractivity contribution is 8.10. The summed E-state index contributed by atoms with van der Waals surface area (Å²) < 4.78 is 54.4. The number of aryl methyl sites for hydroxylation is 2. The summed E-state index contributed by atoms with van der Waals surface area (Å²) in [6.07, 6.45) is 0. The molecule has 0 fully saturated rings. The van der Waals surface area contributed by atoms with Crippen molar-refractivity contribution in [3.05, 3.63) is 92.0 Å². The molecule has 8 nitrogen and oxygen atoms in total. The van der Waals surface area contributed by atoms with Crippen LogP contribution < -0.4 is 3.71 Å². The smallest absolute Gasteiger partial charge is 0.258 e.